The molecule has 2 aromatic rings. The largest absolute Gasteiger partial charge is 0.465 e. The number of nitrogens with one attached hydrogen (secondary N) is 1. The number of rotatable bonds is 8. The van der Waals surface area contributed by atoms with E-state index in [1.165, 1.54) is 5.56 Å². The van der Waals surface area contributed by atoms with Gasteiger partial charge in [0.2, 0.25) is 0 Å². The van der Waals surface area contributed by atoms with E-state index in [0.717, 1.165) is 24.8 Å². The molecule has 0 aliphatic carbocycles. The highest BCUT2D eigenvalue weighted by molar-refractivity contribution is 5.85. The number of halogens is 2. The Kier molecular flexibility index (Phi) is 11.7. The Labute approximate surface area is 161 Å². The third kappa shape index (κ3) is 9.34. The number of carboxylic acid groups (broad SMARTS) is 1. The van der Waals surface area contributed by atoms with E-state index >= 15 is 0 Å². The Bertz CT molecular complexity index is 597. The molecule has 0 unspecified atom stereocenters. The van der Waals surface area contributed by atoms with Gasteiger partial charge in [-0.3, -0.25) is 0 Å². The van der Waals surface area contributed by atoms with E-state index in [2.05, 4.69) is 17.4 Å². The molecular weight excluding hydrogens is 359 g/mol. The molecule has 0 aromatic heterocycles. The first kappa shape index (κ1) is 23.2. The summed E-state index contributed by atoms with van der Waals surface area (Å²) in [5.41, 5.74) is 8.54. The summed E-state index contributed by atoms with van der Waals surface area (Å²) in [7, 11) is 0. The minimum atomic E-state index is -0.984. The maximum atomic E-state index is 11.0. The Morgan fingerprint density at radius 1 is 0.880 bits per heavy atom. The van der Waals surface area contributed by atoms with Crippen molar-refractivity contribution in [3.8, 4) is 0 Å². The van der Waals surface area contributed by atoms with Gasteiger partial charge in [-0.05, 0) is 36.8 Å². The van der Waals surface area contributed by atoms with Crippen LogP contribution < -0.4 is 11.1 Å². The lowest BCUT2D eigenvalue weighted by Gasteiger charge is -2.19. The topological polar surface area (TPSA) is 75.3 Å². The molecule has 4 N–H and O–H groups in total. The summed E-state index contributed by atoms with van der Waals surface area (Å²) in [4.78, 5) is 11.0. The molecule has 6 heteroatoms. The van der Waals surface area contributed by atoms with Crippen LogP contribution in [0.2, 0.25) is 0 Å². The number of hydrogen-bond acceptors (Lipinski definition) is 2. The average Bonchev–Trinajstić information content (AvgIpc) is 2.54. The molecule has 0 fully saturated rings. The molecule has 0 spiro atoms. The monoisotopic (exact) mass is 384 g/mol. The lowest BCUT2D eigenvalue weighted by Crippen LogP contribution is -2.37. The summed E-state index contributed by atoms with van der Waals surface area (Å²) in [6, 6.07) is 20.0. The summed E-state index contributed by atoms with van der Waals surface area (Å²) in [5, 5.41) is 11.6. The Hall–Kier alpha value is -1.75. The SMILES string of the molecule is Cl.Cl.N[C@H](CC[C@H](Cc1ccccc1)NC(=O)O)Cc1ccccc1. The van der Waals surface area contributed by atoms with Crippen molar-refractivity contribution in [2.45, 2.75) is 37.8 Å². The van der Waals surface area contributed by atoms with Gasteiger partial charge in [-0.1, -0.05) is 60.7 Å². The van der Waals surface area contributed by atoms with Crippen LogP contribution in [0.3, 0.4) is 0 Å². The van der Waals surface area contributed by atoms with E-state index in [4.69, 9.17) is 10.8 Å². The number of amides is 1. The van der Waals surface area contributed by atoms with Crippen molar-refractivity contribution >= 4 is 30.9 Å². The van der Waals surface area contributed by atoms with Gasteiger partial charge in [-0.25, -0.2) is 4.79 Å². The minimum absolute atomic E-state index is 0. The molecule has 0 radical (unpaired) electrons. The maximum absolute atomic E-state index is 11.0. The van der Waals surface area contributed by atoms with Crippen LogP contribution in [-0.2, 0) is 12.8 Å². The molecular formula is C19H26Cl2N2O2. The quantitative estimate of drug-likeness (QED) is 0.642. The highest BCUT2D eigenvalue weighted by Gasteiger charge is 2.14. The molecule has 0 saturated carbocycles. The van der Waals surface area contributed by atoms with Gasteiger partial charge >= 0.3 is 6.09 Å². The first-order chi connectivity index (χ1) is 11.1. The fourth-order valence-corrected chi connectivity index (χ4v) is 2.73. The Morgan fingerprint density at radius 2 is 1.36 bits per heavy atom. The standard InChI is InChI=1S/C19H24N2O2.2ClH/c20-17(13-15-7-3-1-4-8-15)11-12-18(21-19(22)23)14-16-9-5-2-6-10-16;;/h1-10,17-18,21H,11-14,20H2,(H,22,23);2*1H/t17-,18-;;/m1../s1. The maximum Gasteiger partial charge on any atom is 0.404 e. The molecule has 4 nitrogen and oxygen atoms in total. The summed E-state index contributed by atoms with van der Waals surface area (Å²) in [6.07, 6.45) is 2.03. The molecule has 0 saturated heterocycles. The summed E-state index contributed by atoms with van der Waals surface area (Å²) in [6.45, 7) is 0. The number of carbonyl (C=O) groups is 1. The van der Waals surface area contributed by atoms with Crippen molar-refractivity contribution in [3.05, 3.63) is 71.8 Å². The number of nitrogens with two attached hydrogens (primary N) is 1. The summed E-state index contributed by atoms with van der Waals surface area (Å²) in [5.74, 6) is 0. The zero-order chi connectivity index (χ0) is 16.5. The van der Waals surface area contributed by atoms with Crippen LogP contribution in [-0.4, -0.2) is 23.3 Å². The van der Waals surface area contributed by atoms with Crippen LogP contribution in [0.25, 0.3) is 0 Å². The van der Waals surface area contributed by atoms with Crippen LogP contribution >= 0.6 is 24.8 Å². The van der Waals surface area contributed by atoms with E-state index in [1.54, 1.807) is 0 Å². The molecule has 0 bridgehead atoms. The van der Waals surface area contributed by atoms with Crippen molar-refractivity contribution in [2.75, 3.05) is 0 Å². The molecule has 2 rings (SSSR count). The van der Waals surface area contributed by atoms with E-state index < -0.39 is 6.09 Å². The third-order valence-electron chi connectivity index (χ3n) is 3.88. The molecule has 138 valence electrons. The lowest BCUT2D eigenvalue weighted by molar-refractivity contribution is 0.188. The normalized spacial score (nSPS) is 12.2. The highest BCUT2D eigenvalue weighted by Crippen LogP contribution is 2.11. The molecule has 0 heterocycles. The summed E-state index contributed by atoms with van der Waals surface area (Å²) >= 11 is 0. The highest BCUT2D eigenvalue weighted by atomic mass is 35.5. The Balaban J connectivity index is 0.00000288. The smallest absolute Gasteiger partial charge is 0.404 e. The van der Waals surface area contributed by atoms with Gasteiger partial charge in [-0.2, -0.15) is 0 Å². The lowest BCUT2D eigenvalue weighted by atomic mass is 9.96. The molecule has 0 aliphatic rings. The third-order valence-corrected chi connectivity index (χ3v) is 3.88. The number of hydrogen-bond donors (Lipinski definition) is 3. The zero-order valence-electron chi connectivity index (χ0n) is 14.0. The Morgan fingerprint density at radius 3 is 1.84 bits per heavy atom. The van der Waals surface area contributed by atoms with Crippen LogP contribution in [0.5, 0.6) is 0 Å². The summed E-state index contributed by atoms with van der Waals surface area (Å²) < 4.78 is 0. The second-order valence-corrected chi connectivity index (χ2v) is 5.86. The van der Waals surface area contributed by atoms with Crippen molar-refractivity contribution in [1.82, 2.24) is 5.32 Å². The zero-order valence-corrected chi connectivity index (χ0v) is 15.6. The van der Waals surface area contributed by atoms with Gasteiger partial charge in [0.25, 0.3) is 0 Å². The predicted molar refractivity (Wildman–Crippen MR) is 107 cm³/mol. The van der Waals surface area contributed by atoms with Crippen molar-refractivity contribution in [2.24, 2.45) is 5.73 Å². The fourth-order valence-electron chi connectivity index (χ4n) is 2.73. The van der Waals surface area contributed by atoms with E-state index in [-0.39, 0.29) is 36.9 Å². The van der Waals surface area contributed by atoms with Crippen LogP contribution in [0.1, 0.15) is 24.0 Å². The van der Waals surface area contributed by atoms with Crippen LogP contribution in [0, 0.1) is 0 Å². The van der Waals surface area contributed by atoms with Gasteiger partial charge in [0, 0.05) is 12.1 Å². The van der Waals surface area contributed by atoms with Gasteiger partial charge in [0.1, 0.15) is 0 Å². The van der Waals surface area contributed by atoms with Crippen molar-refractivity contribution < 1.29 is 9.90 Å². The van der Waals surface area contributed by atoms with Crippen LogP contribution in [0.15, 0.2) is 60.7 Å². The van der Waals surface area contributed by atoms with Gasteiger partial charge in [-0.15, -0.1) is 24.8 Å². The second-order valence-electron chi connectivity index (χ2n) is 5.86. The molecule has 2 atom stereocenters. The van der Waals surface area contributed by atoms with Crippen molar-refractivity contribution in [3.63, 3.8) is 0 Å². The number of benzene rings is 2. The van der Waals surface area contributed by atoms with Crippen LogP contribution in [0.4, 0.5) is 4.79 Å². The predicted octanol–water partition coefficient (Wildman–Crippen LogP) is 4.06. The van der Waals surface area contributed by atoms with Crippen molar-refractivity contribution in [1.29, 1.82) is 0 Å². The molecule has 2 aromatic carbocycles. The van der Waals surface area contributed by atoms with Gasteiger partial charge in [0.05, 0.1) is 0 Å². The second kappa shape index (κ2) is 12.6. The van der Waals surface area contributed by atoms with Gasteiger partial charge in [0.15, 0.2) is 0 Å². The van der Waals surface area contributed by atoms with E-state index in [0.29, 0.717) is 6.42 Å². The van der Waals surface area contributed by atoms with Gasteiger partial charge < -0.3 is 16.2 Å². The first-order valence-electron chi connectivity index (χ1n) is 7.96. The van der Waals surface area contributed by atoms with E-state index in [9.17, 15) is 4.79 Å². The molecule has 1 amide bonds. The minimum Gasteiger partial charge on any atom is -0.465 e. The fraction of sp³-hybridized carbons (Fsp3) is 0.316. The average molecular weight is 385 g/mol. The molecule has 0 aliphatic heterocycles. The molecule has 25 heavy (non-hydrogen) atoms. The first-order valence-corrected chi connectivity index (χ1v) is 7.96. The van der Waals surface area contributed by atoms with E-state index in [1.807, 2.05) is 48.5 Å².